The van der Waals surface area contributed by atoms with Crippen LogP contribution in [0.4, 0.5) is 23.2 Å². The van der Waals surface area contributed by atoms with Gasteiger partial charge in [0.1, 0.15) is 19.0 Å². The Bertz CT molecular complexity index is 1330. The van der Waals surface area contributed by atoms with Gasteiger partial charge in [-0.3, -0.25) is 14.0 Å². The second-order valence-corrected chi connectivity index (χ2v) is 9.81. The number of carbonyl (C=O) groups excluding carboxylic acids is 1. The molecule has 15 heteroatoms. The maximum absolute atomic E-state index is 14.7. The summed E-state index contributed by atoms with van der Waals surface area (Å²) >= 11 is 0. The number of carbonyl (C=O) groups is 1. The minimum absolute atomic E-state index is 0.0193. The molecule has 0 saturated carbocycles. The average Bonchev–Trinajstić information content (AvgIpc) is 3.35. The second kappa shape index (κ2) is 8.79. The van der Waals surface area contributed by atoms with E-state index >= 15 is 0 Å². The van der Waals surface area contributed by atoms with Crippen molar-refractivity contribution in [2.75, 3.05) is 23.4 Å². The molecule has 4 heterocycles. The molecule has 34 heavy (non-hydrogen) atoms. The highest BCUT2D eigenvalue weighted by molar-refractivity contribution is 7.91. The summed E-state index contributed by atoms with van der Waals surface area (Å²) in [6.07, 6.45) is -1.60. The van der Waals surface area contributed by atoms with Crippen molar-refractivity contribution in [3.8, 4) is 5.82 Å². The molecule has 1 aliphatic heterocycles. The predicted molar refractivity (Wildman–Crippen MR) is 109 cm³/mol. The van der Waals surface area contributed by atoms with Crippen LogP contribution in [0.15, 0.2) is 30.9 Å². The zero-order valence-electron chi connectivity index (χ0n) is 17.6. The van der Waals surface area contributed by atoms with Gasteiger partial charge >= 0.3 is 6.18 Å². The highest BCUT2D eigenvalue weighted by Gasteiger charge is 2.34. The molecule has 0 bridgehead atoms. The number of ether oxygens (including phenoxy) is 1. The Kier molecular flexibility index (Phi) is 6.16. The number of anilines is 1. The van der Waals surface area contributed by atoms with Crippen LogP contribution in [0.1, 0.15) is 23.2 Å². The average molecular weight is 502 g/mol. The van der Waals surface area contributed by atoms with E-state index in [1.807, 2.05) is 0 Å². The summed E-state index contributed by atoms with van der Waals surface area (Å²) in [4.78, 5) is 20.2. The molecular weight excluding hydrogens is 484 g/mol. The number of aromatic nitrogens is 5. The molecule has 3 aromatic heterocycles. The zero-order chi connectivity index (χ0) is 24.7. The fraction of sp³-hybridized carbons (Fsp3) is 0.368. The third-order valence-electron chi connectivity index (χ3n) is 4.97. The van der Waals surface area contributed by atoms with E-state index in [9.17, 15) is 30.8 Å². The molecule has 1 aliphatic rings. The number of imidazole rings is 1. The smallest absolute Gasteiger partial charge is 0.370 e. The van der Waals surface area contributed by atoms with Crippen LogP contribution in [0.2, 0.25) is 0 Å². The lowest BCUT2D eigenvalue weighted by atomic mass is 10.3. The number of pyridine rings is 1. The largest absolute Gasteiger partial charge is 0.435 e. The van der Waals surface area contributed by atoms with E-state index in [0.717, 1.165) is 23.0 Å². The van der Waals surface area contributed by atoms with Gasteiger partial charge in [-0.25, -0.2) is 22.8 Å². The van der Waals surface area contributed by atoms with E-state index in [1.165, 1.54) is 24.0 Å². The number of hydrogen-bond donors (Lipinski definition) is 1. The van der Waals surface area contributed by atoms with Crippen molar-refractivity contribution in [3.05, 3.63) is 53.8 Å². The maximum Gasteiger partial charge on any atom is 0.435 e. The SMILES string of the molecule is Cc1cc(C(F)(F)F)nn1CC(=O)Nc1cnc(-n2cnc(C3CS(=O)(=O)CCO3)c2)c(F)c1. The highest BCUT2D eigenvalue weighted by atomic mass is 32.2. The Morgan fingerprint density at radius 1 is 1.29 bits per heavy atom. The van der Waals surface area contributed by atoms with E-state index in [4.69, 9.17) is 4.74 Å². The number of alkyl halides is 3. The molecule has 1 unspecified atom stereocenters. The van der Waals surface area contributed by atoms with Gasteiger partial charge in [-0.1, -0.05) is 0 Å². The molecule has 1 atom stereocenters. The molecule has 1 saturated heterocycles. The summed E-state index contributed by atoms with van der Waals surface area (Å²) in [7, 11) is -3.26. The Morgan fingerprint density at radius 2 is 2.06 bits per heavy atom. The topological polar surface area (TPSA) is 121 Å². The first kappa shape index (κ1) is 23.8. The van der Waals surface area contributed by atoms with Gasteiger partial charge in [0.25, 0.3) is 0 Å². The molecule has 0 aromatic carbocycles. The van der Waals surface area contributed by atoms with Gasteiger partial charge in [-0.2, -0.15) is 18.3 Å². The Morgan fingerprint density at radius 3 is 2.71 bits per heavy atom. The normalized spacial score (nSPS) is 18.1. The Hall–Kier alpha value is -3.33. The summed E-state index contributed by atoms with van der Waals surface area (Å²) in [5.74, 6) is -2.02. The lowest BCUT2D eigenvalue weighted by Gasteiger charge is -2.20. The van der Waals surface area contributed by atoms with Crippen molar-refractivity contribution in [2.45, 2.75) is 25.7 Å². The minimum Gasteiger partial charge on any atom is -0.370 e. The number of amides is 1. The molecule has 1 N–H and O–H groups in total. The predicted octanol–water partition coefficient (Wildman–Crippen LogP) is 2.05. The number of hydrogen-bond acceptors (Lipinski definition) is 7. The van der Waals surface area contributed by atoms with Crippen molar-refractivity contribution in [1.82, 2.24) is 24.3 Å². The number of rotatable bonds is 5. The lowest BCUT2D eigenvalue weighted by molar-refractivity contribution is -0.141. The van der Waals surface area contributed by atoms with Crippen molar-refractivity contribution in [2.24, 2.45) is 0 Å². The van der Waals surface area contributed by atoms with Gasteiger partial charge in [-0.15, -0.1) is 0 Å². The summed E-state index contributed by atoms with van der Waals surface area (Å²) in [6.45, 7) is 0.898. The third kappa shape index (κ3) is 5.25. The van der Waals surface area contributed by atoms with Crippen LogP contribution in [0.5, 0.6) is 0 Å². The van der Waals surface area contributed by atoms with Crippen LogP contribution in [0.25, 0.3) is 5.82 Å². The first-order valence-corrected chi connectivity index (χ1v) is 11.7. The van der Waals surface area contributed by atoms with E-state index in [-0.39, 0.29) is 35.3 Å². The van der Waals surface area contributed by atoms with E-state index < -0.39 is 46.1 Å². The van der Waals surface area contributed by atoms with Crippen LogP contribution in [0.3, 0.4) is 0 Å². The monoisotopic (exact) mass is 502 g/mol. The lowest BCUT2D eigenvalue weighted by Crippen LogP contribution is -2.29. The zero-order valence-corrected chi connectivity index (χ0v) is 18.4. The van der Waals surface area contributed by atoms with Crippen LogP contribution < -0.4 is 5.32 Å². The molecule has 10 nitrogen and oxygen atoms in total. The number of nitrogens with one attached hydrogen (secondary N) is 1. The van der Waals surface area contributed by atoms with Gasteiger partial charge in [-0.05, 0) is 13.0 Å². The van der Waals surface area contributed by atoms with E-state index in [0.29, 0.717) is 5.69 Å². The van der Waals surface area contributed by atoms with Crippen molar-refractivity contribution < 1.29 is 35.5 Å². The summed E-state index contributed by atoms with van der Waals surface area (Å²) in [6, 6.07) is 1.80. The van der Waals surface area contributed by atoms with E-state index in [2.05, 4.69) is 20.4 Å². The molecule has 1 amide bonds. The molecule has 0 radical (unpaired) electrons. The molecule has 3 aromatic rings. The van der Waals surface area contributed by atoms with Gasteiger partial charge in [0, 0.05) is 18.0 Å². The summed E-state index contributed by atoms with van der Waals surface area (Å²) < 4.78 is 84.1. The molecule has 1 fully saturated rings. The third-order valence-corrected chi connectivity index (χ3v) is 6.57. The molecule has 0 spiro atoms. The standard InChI is InChI=1S/C19H18F4N6O4S/c1-11-4-16(19(21,22)23)27-29(11)8-17(30)26-12-5-13(20)18(24-6-12)28-7-14(25-10-28)15-9-34(31,32)3-2-33-15/h4-7,10,15H,2-3,8-9H2,1H3,(H,26,30). The van der Waals surface area contributed by atoms with Gasteiger partial charge < -0.3 is 10.1 Å². The fourth-order valence-electron chi connectivity index (χ4n) is 3.30. The first-order valence-electron chi connectivity index (χ1n) is 9.84. The van der Waals surface area contributed by atoms with Gasteiger partial charge in [0.2, 0.25) is 5.91 Å². The number of aryl methyl sites for hydroxylation is 1. The van der Waals surface area contributed by atoms with E-state index in [1.54, 1.807) is 0 Å². The van der Waals surface area contributed by atoms with Crippen molar-refractivity contribution in [3.63, 3.8) is 0 Å². The quantitative estimate of drug-likeness (QED) is 0.530. The summed E-state index contributed by atoms with van der Waals surface area (Å²) in [5, 5.41) is 5.72. The fourth-order valence-corrected chi connectivity index (χ4v) is 4.55. The first-order chi connectivity index (χ1) is 15.9. The number of halogens is 4. The maximum atomic E-state index is 14.7. The van der Waals surface area contributed by atoms with Crippen LogP contribution >= 0.6 is 0 Å². The molecule has 182 valence electrons. The van der Waals surface area contributed by atoms with Crippen LogP contribution in [-0.4, -0.2) is 56.8 Å². The van der Waals surface area contributed by atoms with Gasteiger partial charge in [0.15, 0.2) is 27.2 Å². The Balaban J connectivity index is 1.44. The van der Waals surface area contributed by atoms with Gasteiger partial charge in [0.05, 0.1) is 35.7 Å². The number of sulfone groups is 1. The minimum atomic E-state index is -4.64. The summed E-state index contributed by atoms with van der Waals surface area (Å²) in [5.41, 5.74) is -0.706. The second-order valence-electron chi connectivity index (χ2n) is 7.58. The highest BCUT2D eigenvalue weighted by Crippen LogP contribution is 2.28. The van der Waals surface area contributed by atoms with Crippen LogP contribution in [0, 0.1) is 12.7 Å². The van der Waals surface area contributed by atoms with Crippen molar-refractivity contribution >= 4 is 21.4 Å². The molecule has 0 aliphatic carbocycles. The van der Waals surface area contributed by atoms with Crippen molar-refractivity contribution in [1.29, 1.82) is 0 Å². The Labute approximate surface area is 190 Å². The number of nitrogens with zero attached hydrogens (tertiary/aromatic N) is 5. The molecular formula is C19H18F4N6O4S. The molecule has 4 rings (SSSR count). The van der Waals surface area contributed by atoms with Crippen LogP contribution in [-0.2, 0) is 32.1 Å².